The summed E-state index contributed by atoms with van der Waals surface area (Å²) >= 11 is 0. The van der Waals surface area contributed by atoms with Crippen LogP contribution in [-0.4, -0.2) is 19.2 Å². The first-order chi connectivity index (χ1) is 13.5. The molecule has 0 spiro atoms. The summed E-state index contributed by atoms with van der Waals surface area (Å²) in [6.07, 6.45) is 4.75. The number of sulfone groups is 1. The van der Waals surface area contributed by atoms with E-state index < -0.39 is 9.84 Å². The molecule has 5 nitrogen and oxygen atoms in total. The predicted molar refractivity (Wildman–Crippen MR) is 104 cm³/mol. The van der Waals surface area contributed by atoms with Crippen molar-refractivity contribution in [3.63, 3.8) is 0 Å². The molecule has 0 radical (unpaired) electrons. The fourth-order valence-corrected chi connectivity index (χ4v) is 4.04. The van der Waals surface area contributed by atoms with Crippen LogP contribution in [0.1, 0.15) is 23.1 Å². The maximum atomic E-state index is 12.7. The molecule has 0 saturated heterocycles. The molecule has 3 aromatic rings. The van der Waals surface area contributed by atoms with E-state index in [4.69, 9.17) is 5.26 Å². The van der Waals surface area contributed by atoms with Crippen molar-refractivity contribution in [2.24, 2.45) is 0 Å². The van der Waals surface area contributed by atoms with E-state index in [0.717, 1.165) is 11.1 Å². The fourth-order valence-electron chi connectivity index (χ4n) is 2.78. The van der Waals surface area contributed by atoms with Gasteiger partial charge in [-0.25, -0.2) is 8.42 Å². The van der Waals surface area contributed by atoms with Gasteiger partial charge >= 0.3 is 0 Å². The van der Waals surface area contributed by atoms with Crippen LogP contribution in [0, 0.1) is 11.3 Å². The standard InChI is InChI=1S/C22H18N2O3S/c23-15-18-6-11-22(12-7-18)28(26,27)21-9-4-17(5-10-21)14-20(25)8-3-19-2-1-13-24-16-19/h1-2,4-7,9-13,16H,3,8,14H2. The SMILES string of the molecule is N#Cc1ccc(S(=O)(=O)c2ccc(CC(=O)CCc3cccnc3)cc2)cc1. The summed E-state index contributed by atoms with van der Waals surface area (Å²) < 4.78 is 25.3. The second-order valence-electron chi connectivity index (χ2n) is 6.36. The Labute approximate surface area is 164 Å². The Morgan fingerprint density at radius 3 is 2.14 bits per heavy atom. The van der Waals surface area contributed by atoms with E-state index in [9.17, 15) is 13.2 Å². The highest BCUT2D eigenvalue weighted by Crippen LogP contribution is 2.22. The Morgan fingerprint density at radius 2 is 1.57 bits per heavy atom. The van der Waals surface area contributed by atoms with E-state index in [-0.39, 0.29) is 22.0 Å². The van der Waals surface area contributed by atoms with Gasteiger partial charge in [0, 0.05) is 25.2 Å². The molecule has 0 aliphatic carbocycles. The van der Waals surface area contributed by atoms with E-state index in [2.05, 4.69) is 4.98 Å². The van der Waals surface area contributed by atoms with Crippen LogP contribution < -0.4 is 0 Å². The van der Waals surface area contributed by atoms with Gasteiger partial charge < -0.3 is 0 Å². The average Bonchev–Trinajstić information content (AvgIpc) is 2.73. The zero-order valence-corrected chi connectivity index (χ0v) is 15.9. The topological polar surface area (TPSA) is 87.9 Å². The number of benzene rings is 2. The second kappa shape index (κ2) is 8.59. The molecule has 1 aromatic heterocycles. The van der Waals surface area contributed by atoms with Gasteiger partial charge in [-0.2, -0.15) is 5.26 Å². The highest BCUT2D eigenvalue weighted by Gasteiger charge is 2.17. The van der Waals surface area contributed by atoms with Gasteiger partial charge in [0.2, 0.25) is 9.84 Å². The highest BCUT2D eigenvalue weighted by atomic mass is 32.2. The van der Waals surface area contributed by atoms with Crippen LogP contribution in [-0.2, 0) is 27.5 Å². The molecule has 0 bridgehead atoms. The van der Waals surface area contributed by atoms with Gasteiger partial charge in [0.05, 0.1) is 21.4 Å². The van der Waals surface area contributed by atoms with Crippen molar-refractivity contribution in [1.29, 1.82) is 5.26 Å². The quantitative estimate of drug-likeness (QED) is 0.616. The summed E-state index contributed by atoms with van der Waals surface area (Å²) in [5.74, 6) is 0.0894. The lowest BCUT2D eigenvalue weighted by Crippen LogP contribution is -2.06. The molecular weight excluding hydrogens is 372 g/mol. The summed E-state index contributed by atoms with van der Waals surface area (Å²) in [6, 6.07) is 17.9. The number of aromatic nitrogens is 1. The lowest BCUT2D eigenvalue weighted by atomic mass is 10.0. The number of hydrogen-bond acceptors (Lipinski definition) is 5. The van der Waals surface area contributed by atoms with Gasteiger partial charge in [-0.3, -0.25) is 9.78 Å². The van der Waals surface area contributed by atoms with Crippen LogP contribution in [0.15, 0.2) is 82.8 Å². The number of aryl methyl sites for hydroxylation is 1. The van der Waals surface area contributed by atoms with E-state index in [1.165, 1.54) is 36.4 Å². The van der Waals surface area contributed by atoms with Crippen molar-refractivity contribution in [2.75, 3.05) is 0 Å². The molecule has 28 heavy (non-hydrogen) atoms. The maximum Gasteiger partial charge on any atom is 0.206 e. The summed E-state index contributed by atoms with van der Waals surface area (Å²) in [5.41, 5.74) is 2.19. The zero-order valence-electron chi connectivity index (χ0n) is 15.1. The fraction of sp³-hybridized carbons (Fsp3) is 0.136. The monoisotopic (exact) mass is 390 g/mol. The van der Waals surface area contributed by atoms with Crippen LogP contribution in [0.3, 0.4) is 0 Å². The van der Waals surface area contributed by atoms with Gasteiger partial charge in [-0.05, 0) is 60.0 Å². The minimum absolute atomic E-state index is 0.0894. The summed E-state index contributed by atoms with van der Waals surface area (Å²) in [6.45, 7) is 0. The average molecular weight is 390 g/mol. The van der Waals surface area contributed by atoms with Crippen molar-refractivity contribution in [1.82, 2.24) is 4.98 Å². The van der Waals surface area contributed by atoms with E-state index in [1.807, 2.05) is 18.2 Å². The van der Waals surface area contributed by atoms with Gasteiger partial charge in [0.1, 0.15) is 5.78 Å². The lowest BCUT2D eigenvalue weighted by molar-refractivity contribution is -0.118. The summed E-state index contributed by atoms with van der Waals surface area (Å²) in [5, 5.41) is 8.82. The summed E-state index contributed by atoms with van der Waals surface area (Å²) in [4.78, 5) is 16.5. The molecule has 0 aliphatic rings. The summed E-state index contributed by atoms with van der Waals surface area (Å²) in [7, 11) is -3.66. The Hall–Kier alpha value is -3.30. The van der Waals surface area contributed by atoms with E-state index in [1.54, 1.807) is 24.5 Å². The molecule has 0 N–H and O–H groups in total. The normalized spacial score (nSPS) is 11.0. The number of carbonyl (C=O) groups is 1. The minimum Gasteiger partial charge on any atom is -0.299 e. The van der Waals surface area contributed by atoms with Crippen LogP contribution in [0.4, 0.5) is 0 Å². The van der Waals surface area contributed by atoms with Crippen molar-refractivity contribution < 1.29 is 13.2 Å². The smallest absolute Gasteiger partial charge is 0.206 e. The van der Waals surface area contributed by atoms with Crippen molar-refractivity contribution in [3.05, 3.63) is 89.7 Å². The largest absolute Gasteiger partial charge is 0.299 e. The first-order valence-corrected chi connectivity index (χ1v) is 10.2. The van der Waals surface area contributed by atoms with Gasteiger partial charge in [-0.15, -0.1) is 0 Å². The number of pyridine rings is 1. The minimum atomic E-state index is -3.66. The molecule has 0 unspecified atom stereocenters. The van der Waals surface area contributed by atoms with Gasteiger partial charge in [-0.1, -0.05) is 18.2 Å². The van der Waals surface area contributed by atoms with Crippen LogP contribution in [0.25, 0.3) is 0 Å². The second-order valence-corrected chi connectivity index (χ2v) is 8.31. The lowest BCUT2D eigenvalue weighted by Gasteiger charge is -2.06. The number of nitrogens with zero attached hydrogens (tertiary/aromatic N) is 2. The van der Waals surface area contributed by atoms with Gasteiger partial charge in [0.15, 0.2) is 0 Å². The van der Waals surface area contributed by atoms with E-state index >= 15 is 0 Å². The van der Waals surface area contributed by atoms with Gasteiger partial charge in [0.25, 0.3) is 0 Å². The number of carbonyl (C=O) groups excluding carboxylic acids is 1. The molecule has 0 saturated carbocycles. The molecule has 6 heteroatoms. The van der Waals surface area contributed by atoms with Crippen molar-refractivity contribution in [2.45, 2.75) is 29.1 Å². The van der Waals surface area contributed by atoms with Crippen molar-refractivity contribution in [3.8, 4) is 6.07 Å². The molecule has 0 amide bonds. The van der Waals surface area contributed by atoms with Crippen LogP contribution in [0.2, 0.25) is 0 Å². The highest BCUT2D eigenvalue weighted by molar-refractivity contribution is 7.91. The third-order valence-electron chi connectivity index (χ3n) is 4.34. The van der Waals surface area contributed by atoms with Crippen LogP contribution in [0.5, 0.6) is 0 Å². The first kappa shape index (κ1) is 19.5. The molecule has 1 heterocycles. The third kappa shape index (κ3) is 4.70. The Morgan fingerprint density at radius 1 is 0.929 bits per heavy atom. The maximum absolute atomic E-state index is 12.7. The number of rotatable bonds is 7. The molecule has 140 valence electrons. The molecule has 3 rings (SSSR count). The Bertz CT molecular complexity index is 1100. The molecule has 2 aromatic carbocycles. The number of Topliss-reactive ketones (excluding diaryl/α,β-unsaturated/α-hetero) is 1. The Balaban J connectivity index is 1.65. The van der Waals surface area contributed by atoms with Crippen LogP contribution >= 0.6 is 0 Å². The van der Waals surface area contributed by atoms with E-state index in [0.29, 0.717) is 18.4 Å². The molecule has 0 atom stereocenters. The number of nitriles is 1. The predicted octanol–water partition coefficient (Wildman–Crippen LogP) is 3.53. The first-order valence-electron chi connectivity index (χ1n) is 8.74. The third-order valence-corrected chi connectivity index (χ3v) is 6.13. The molecular formula is C22H18N2O3S. The Kier molecular flexibility index (Phi) is 5.97. The number of hydrogen-bond donors (Lipinski definition) is 0. The molecule has 0 fully saturated rings. The molecule has 0 aliphatic heterocycles. The van der Waals surface area contributed by atoms with Crippen molar-refractivity contribution >= 4 is 15.6 Å². The number of ketones is 1. The zero-order chi connectivity index (χ0) is 20.0.